The third-order valence-electron chi connectivity index (χ3n) is 4.27. The number of carbonyl (C=O) groups is 1. The average molecular weight is 355 g/mol. The molecule has 1 unspecified atom stereocenters. The van der Waals surface area contributed by atoms with E-state index in [1.165, 1.54) is 7.11 Å². The summed E-state index contributed by atoms with van der Waals surface area (Å²) in [4.78, 5) is 18.2. The topological polar surface area (TPSA) is 81.6 Å². The Hall–Kier alpha value is -2.93. The highest BCUT2D eigenvalue weighted by Gasteiger charge is 2.22. The van der Waals surface area contributed by atoms with Gasteiger partial charge in [-0.2, -0.15) is 4.98 Å². The lowest BCUT2D eigenvalue weighted by Gasteiger charge is -2.20. The van der Waals surface area contributed by atoms with Crippen LogP contribution in [0.3, 0.4) is 0 Å². The highest BCUT2D eigenvalue weighted by atomic mass is 16.5. The van der Waals surface area contributed by atoms with Crippen LogP contribution in [0.15, 0.2) is 45.3 Å². The zero-order valence-electron chi connectivity index (χ0n) is 15.2. The second-order valence-corrected chi connectivity index (χ2v) is 6.09. The molecular weight excluding hydrogens is 334 g/mol. The zero-order chi connectivity index (χ0) is 18.7. The molecule has 0 N–H and O–H groups in total. The van der Waals surface area contributed by atoms with Crippen molar-refractivity contribution in [2.75, 3.05) is 14.2 Å². The van der Waals surface area contributed by atoms with Gasteiger partial charge in [-0.1, -0.05) is 35.5 Å². The molecule has 0 aliphatic rings. The lowest BCUT2D eigenvalue weighted by molar-refractivity contribution is 0.0599. The number of nitrogens with zero attached hydrogens (tertiary/aromatic N) is 3. The number of hydrogen-bond acceptors (Lipinski definition) is 7. The number of hydrogen-bond donors (Lipinski definition) is 0. The lowest BCUT2D eigenvalue weighted by Crippen LogP contribution is -2.22. The molecule has 0 radical (unpaired) electrons. The molecule has 136 valence electrons. The summed E-state index contributed by atoms with van der Waals surface area (Å²) >= 11 is 0. The van der Waals surface area contributed by atoms with E-state index in [1.54, 1.807) is 13.0 Å². The number of esters is 1. The number of carbonyl (C=O) groups excluding carboxylic acids is 1. The molecule has 0 saturated carbocycles. The van der Waals surface area contributed by atoms with E-state index in [0.717, 1.165) is 5.56 Å². The summed E-state index contributed by atoms with van der Waals surface area (Å²) in [7, 11) is 3.27. The molecule has 7 nitrogen and oxygen atoms in total. The molecule has 0 spiro atoms. The molecule has 2 heterocycles. The molecule has 1 aromatic carbocycles. The van der Waals surface area contributed by atoms with Crippen molar-refractivity contribution >= 4 is 5.97 Å². The Morgan fingerprint density at radius 2 is 2.04 bits per heavy atom. The van der Waals surface area contributed by atoms with Crippen molar-refractivity contribution in [3.63, 3.8) is 0 Å². The number of furan rings is 1. The van der Waals surface area contributed by atoms with Crippen LogP contribution in [0.5, 0.6) is 0 Å². The summed E-state index contributed by atoms with van der Waals surface area (Å²) in [6.45, 7) is 4.20. The molecule has 0 amide bonds. The van der Waals surface area contributed by atoms with E-state index >= 15 is 0 Å². The zero-order valence-corrected chi connectivity index (χ0v) is 15.2. The van der Waals surface area contributed by atoms with E-state index in [4.69, 9.17) is 13.7 Å². The van der Waals surface area contributed by atoms with Gasteiger partial charge >= 0.3 is 5.97 Å². The fraction of sp³-hybridized carbons (Fsp3) is 0.316. The molecule has 26 heavy (non-hydrogen) atoms. The van der Waals surface area contributed by atoms with Crippen LogP contribution >= 0.6 is 0 Å². The quantitative estimate of drug-likeness (QED) is 0.625. The first-order valence-corrected chi connectivity index (χ1v) is 8.26. The summed E-state index contributed by atoms with van der Waals surface area (Å²) in [6, 6.07) is 11.2. The smallest absolute Gasteiger partial charge is 0.341 e. The molecule has 0 fully saturated rings. The molecule has 1 atom stereocenters. The van der Waals surface area contributed by atoms with Crippen LogP contribution in [0.25, 0.3) is 11.4 Å². The van der Waals surface area contributed by atoms with Gasteiger partial charge < -0.3 is 13.7 Å². The molecular formula is C19H21N3O4. The predicted molar refractivity (Wildman–Crippen MR) is 94.4 cm³/mol. The summed E-state index contributed by atoms with van der Waals surface area (Å²) in [5, 5.41) is 4.05. The second-order valence-electron chi connectivity index (χ2n) is 6.09. The van der Waals surface area contributed by atoms with Gasteiger partial charge in [0.1, 0.15) is 17.1 Å². The molecule has 2 aromatic heterocycles. The van der Waals surface area contributed by atoms with Gasteiger partial charge in [0.2, 0.25) is 11.7 Å². The standard InChI is InChI=1S/C19H21N3O4/c1-12(18-20-17(21-26-18)14-8-6-5-7-9-14)22(3)11-15-10-16(13(2)25-15)19(23)24-4/h5-10,12H,11H2,1-4H3. The van der Waals surface area contributed by atoms with E-state index in [0.29, 0.717) is 35.3 Å². The second kappa shape index (κ2) is 7.53. The first-order chi connectivity index (χ1) is 12.5. The van der Waals surface area contributed by atoms with Crippen LogP contribution in [0.2, 0.25) is 0 Å². The van der Waals surface area contributed by atoms with Gasteiger partial charge in [-0.15, -0.1) is 0 Å². The third kappa shape index (κ3) is 3.67. The minimum atomic E-state index is -0.405. The van der Waals surface area contributed by atoms with E-state index in [2.05, 4.69) is 10.1 Å². The molecule has 3 aromatic rings. The van der Waals surface area contributed by atoms with Gasteiger partial charge in [0.05, 0.1) is 19.7 Å². The first kappa shape index (κ1) is 17.9. The fourth-order valence-electron chi connectivity index (χ4n) is 2.61. The number of ether oxygens (including phenoxy) is 1. The number of aromatic nitrogens is 2. The Bertz CT molecular complexity index is 885. The summed E-state index contributed by atoms with van der Waals surface area (Å²) in [6.07, 6.45) is 0. The van der Waals surface area contributed by atoms with Crippen LogP contribution in [0.4, 0.5) is 0 Å². The van der Waals surface area contributed by atoms with E-state index < -0.39 is 5.97 Å². The first-order valence-electron chi connectivity index (χ1n) is 8.26. The maximum absolute atomic E-state index is 11.7. The highest BCUT2D eigenvalue weighted by molar-refractivity contribution is 5.90. The van der Waals surface area contributed by atoms with Crippen molar-refractivity contribution < 1.29 is 18.5 Å². The predicted octanol–water partition coefficient (Wildman–Crippen LogP) is 3.62. The Morgan fingerprint density at radius 3 is 2.73 bits per heavy atom. The summed E-state index contributed by atoms with van der Waals surface area (Å²) in [5.74, 6) is 1.88. The SMILES string of the molecule is COC(=O)c1cc(CN(C)C(C)c2nc(-c3ccccc3)no2)oc1C. The number of aryl methyl sites for hydroxylation is 1. The van der Waals surface area contributed by atoms with Crippen molar-refractivity contribution in [3.05, 3.63) is 59.4 Å². The van der Waals surface area contributed by atoms with Crippen molar-refractivity contribution in [2.24, 2.45) is 0 Å². The summed E-state index contributed by atoms with van der Waals surface area (Å²) in [5.41, 5.74) is 1.34. The number of benzene rings is 1. The van der Waals surface area contributed by atoms with Crippen LogP contribution in [-0.4, -0.2) is 35.2 Å². The van der Waals surface area contributed by atoms with Gasteiger partial charge in [-0.3, -0.25) is 4.90 Å². The van der Waals surface area contributed by atoms with Crippen LogP contribution in [0, 0.1) is 6.92 Å². The molecule has 0 bridgehead atoms. The minimum absolute atomic E-state index is 0.119. The molecule has 0 saturated heterocycles. The maximum atomic E-state index is 11.7. The Morgan fingerprint density at radius 1 is 1.31 bits per heavy atom. The monoisotopic (exact) mass is 355 g/mol. The van der Waals surface area contributed by atoms with Crippen LogP contribution < -0.4 is 0 Å². The number of methoxy groups -OCH3 is 1. The van der Waals surface area contributed by atoms with Gasteiger partial charge in [0, 0.05) is 5.56 Å². The average Bonchev–Trinajstić information content (AvgIpc) is 3.28. The Labute approximate surface area is 151 Å². The van der Waals surface area contributed by atoms with Crippen LogP contribution in [-0.2, 0) is 11.3 Å². The van der Waals surface area contributed by atoms with E-state index in [1.807, 2.05) is 49.2 Å². The van der Waals surface area contributed by atoms with Crippen molar-refractivity contribution in [1.82, 2.24) is 15.0 Å². The van der Waals surface area contributed by atoms with E-state index in [9.17, 15) is 4.79 Å². The van der Waals surface area contributed by atoms with Crippen molar-refractivity contribution in [2.45, 2.75) is 26.4 Å². The fourth-order valence-corrected chi connectivity index (χ4v) is 2.61. The van der Waals surface area contributed by atoms with Gasteiger partial charge in [-0.25, -0.2) is 4.79 Å². The van der Waals surface area contributed by atoms with E-state index in [-0.39, 0.29) is 6.04 Å². The van der Waals surface area contributed by atoms with Crippen molar-refractivity contribution in [3.8, 4) is 11.4 Å². The van der Waals surface area contributed by atoms with Gasteiger partial charge in [0.15, 0.2) is 0 Å². The van der Waals surface area contributed by atoms with Gasteiger partial charge in [-0.05, 0) is 27.0 Å². The lowest BCUT2D eigenvalue weighted by atomic mass is 10.2. The minimum Gasteiger partial charge on any atom is -0.465 e. The van der Waals surface area contributed by atoms with Crippen molar-refractivity contribution in [1.29, 1.82) is 0 Å². The molecule has 0 aliphatic carbocycles. The number of rotatable bonds is 6. The normalized spacial score (nSPS) is 12.3. The molecule has 0 aliphatic heterocycles. The third-order valence-corrected chi connectivity index (χ3v) is 4.27. The molecule has 3 rings (SSSR count). The largest absolute Gasteiger partial charge is 0.465 e. The maximum Gasteiger partial charge on any atom is 0.341 e. The molecule has 7 heteroatoms. The summed E-state index contributed by atoms with van der Waals surface area (Å²) < 4.78 is 15.8. The highest BCUT2D eigenvalue weighted by Crippen LogP contribution is 2.24. The van der Waals surface area contributed by atoms with Gasteiger partial charge in [0.25, 0.3) is 0 Å². The Kier molecular flexibility index (Phi) is 5.18. The Balaban J connectivity index is 1.71. The van der Waals surface area contributed by atoms with Crippen LogP contribution in [0.1, 0.15) is 40.7 Å².